The molecule has 5 rings (SSSR count). The number of hydrogen-bond donors (Lipinski definition) is 1. The second-order valence-corrected chi connectivity index (χ2v) is 10.3. The second-order valence-electron chi connectivity index (χ2n) is 10.3. The molecular weight excluding hydrogens is 481 g/mol. The lowest BCUT2D eigenvalue weighted by Crippen LogP contribution is -2.61. The molecule has 1 N–H and O–H groups in total. The Morgan fingerprint density at radius 3 is 2.62 bits per heavy atom. The number of hydrogen-bond acceptors (Lipinski definition) is 5. The second kappa shape index (κ2) is 10.8. The Balaban J connectivity index is 1.37. The maximum atomic E-state index is 13.5. The fourth-order valence-corrected chi connectivity index (χ4v) is 5.99. The van der Waals surface area contributed by atoms with Crippen molar-refractivity contribution < 1.29 is 22.7 Å². The molecule has 0 bridgehead atoms. The molecule has 0 unspecified atom stereocenters. The first-order valence-electron chi connectivity index (χ1n) is 13.2. The monoisotopic (exact) mass is 516 g/mol. The van der Waals surface area contributed by atoms with Crippen LogP contribution in [-0.2, 0) is 17.4 Å². The Morgan fingerprint density at radius 2 is 1.86 bits per heavy atom. The van der Waals surface area contributed by atoms with Crippen LogP contribution in [0.4, 0.5) is 24.5 Å². The number of piperazine rings is 1. The zero-order valence-electron chi connectivity index (χ0n) is 21.3. The van der Waals surface area contributed by atoms with Gasteiger partial charge in [-0.15, -0.1) is 0 Å². The van der Waals surface area contributed by atoms with Crippen LogP contribution < -0.4 is 19.9 Å². The first-order chi connectivity index (χ1) is 17.8. The summed E-state index contributed by atoms with van der Waals surface area (Å²) < 4.78 is 45.8. The van der Waals surface area contributed by atoms with Gasteiger partial charge < -0.3 is 24.8 Å². The summed E-state index contributed by atoms with van der Waals surface area (Å²) in [6, 6.07) is 11.7. The smallest absolute Gasteiger partial charge is 0.416 e. The molecule has 3 heterocycles. The van der Waals surface area contributed by atoms with Crippen molar-refractivity contribution in [2.75, 3.05) is 62.7 Å². The molecule has 3 aliphatic heterocycles. The number of ether oxygens (including phenoxy) is 1. The summed E-state index contributed by atoms with van der Waals surface area (Å²) in [5.74, 6) is 0.244. The van der Waals surface area contributed by atoms with Gasteiger partial charge in [0.05, 0.1) is 24.6 Å². The predicted molar refractivity (Wildman–Crippen MR) is 138 cm³/mol. The van der Waals surface area contributed by atoms with Gasteiger partial charge in [-0.2, -0.15) is 13.2 Å². The summed E-state index contributed by atoms with van der Waals surface area (Å²) >= 11 is 0. The molecule has 2 fully saturated rings. The van der Waals surface area contributed by atoms with Crippen LogP contribution in [0.5, 0.6) is 5.75 Å². The van der Waals surface area contributed by atoms with Gasteiger partial charge in [-0.05, 0) is 68.2 Å². The molecule has 0 saturated carbocycles. The summed E-state index contributed by atoms with van der Waals surface area (Å²) in [7, 11) is 1.63. The van der Waals surface area contributed by atoms with Crippen molar-refractivity contribution >= 4 is 17.3 Å². The first kappa shape index (κ1) is 25.7. The normalized spacial score (nSPS) is 22.3. The van der Waals surface area contributed by atoms with Gasteiger partial charge in [-0.25, -0.2) is 0 Å². The number of alkyl halides is 3. The number of benzene rings is 2. The van der Waals surface area contributed by atoms with Gasteiger partial charge in [-0.3, -0.25) is 4.79 Å². The number of fused-ring (bicyclic) bond motifs is 3. The average molecular weight is 517 g/mol. The van der Waals surface area contributed by atoms with Gasteiger partial charge in [-0.1, -0.05) is 12.5 Å². The number of rotatable bonds is 6. The van der Waals surface area contributed by atoms with Crippen LogP contribution >= 0.6 is 0 Å². The van der Waals surface area contributed by atoms with Crippen LogP contribution in [0.2, 0.25) is 0 Å². The fraction of sp³-hybridized carbons (Fsp3) is 0.536. The van der Waals surface area contributed by atoms with E-state index in [-0.39, 0.29) is 11.9 Å². The third kappa shape index (κ3) is 5.66. The van der Waals surface area contributed by atoms with Gasteiger partial charge in [0.1, 0.15) is 5.75 Å². The molecule has 0 radical (unpaired) electrons. The highest BCUT2D eigenvalue weighted by Gasteiger charge is 2.42. The summed E-state index contributed by atoms with van der Waals surface area (Å²) in [4.78, 5) is 20.3. The highest BCUT2D eigenvalue weighted by molar-refractivity contribution is 5.82. The molecule has 3 aliphatic rings. The lowest BCUT2D eigenvalue weighted by molar-refractivity contribution is -0.137. The first-order valence-corrected chi connectivity index (χ1v) is 13.2. The number of nitrogens with one attached hydrogen (secondary N) is 1. The molecule has 1 amide bonds. The standard InChI is InChI=1S/C28H35F3N4O2/c1-37-23-7-5-6-22(18-23)34-14-15-35-25-9-8-21(28(29,30)31)16-20(25)17-24(26(35)19-34)27(36)32-10-13-33-11-3-2-4-12-33/h5-9,16,18,24,26H,2-4,10-15,17,19H2,1H3,(H,32,36)/t24-,26-/m1/s1. The van der Waals surface area contributed by atoms with E-state index in [0.717, 1.165) is 42.8 Å². The van der Waals surface area contributed by atoms with Crippen LogP contribution in [-0.4, -0.2) is 69.8 Å². The van der Waals surface area contributed by atoms with E-state index in [1.165, 1.54) is 25.3 Å². The van der Waals surface area contributed by atoms with Crippen molar-refractivity contribution in [1.29, 1.82) is 0 Å². The number of anilines is 2. The lowest BCUT2D eigenvalue weighted by Gasteiger charge is -2.49. The fourth-order valence-electron chi connectivity index (χ4n) is 5.99. The molecular formula is C28H35F3N4O2. The topological polar surface area (TPSA) is 48.1 Å². The molecule has 0 aliphatic carbocycles. The minimum Gasteiger partial charge on any atom is -0.497 e. The highest BCUT2D eigenvalue weighted by Crippen LogP contribution is 2.40. The van der Waals surface area contributed by atoms with Gasteiger partial charge in [0.15, 0.2) is 0 Å². The van der Waals surface area contributed by atoms with Crippen LogP contribution in [0.25, 0.3) is 0 Å². The molecule has 2 aromatic carbocycles. The van der Waals surface area contributed by atoms with E-state index in [2.05, 4.69) is 20.0 Å². The van der Waals surface area contributed by atoms with Crippen molar-refractivity contribution in [3.05, 3.63) is 53.6 Å². The number of methoxy groups -OCH3 is 1. The van der Waals surface area contributed by atoms with Crippen LogP contribution in [0.1, 0.15) is 30.4 Å². The number of piperidine rings is 1. The van der Waals surface area contributed by atoms with Crippen molar-refractivity contribution in [3.63, 3.8) is 0 Å². The van der Waals surface area contributed by atoms with E-state index in [9.17, 15) is 18.0 Å². The van der Waals surface area contributed by atoms with E-state index >= 15 is 0 Å². The molecule has 0 aromatic heterocycles. The molecule has 9 heteroatoms. The lowest BCUT2D eigenvalue weighted by atomic mass is 9.82. The largest absolute Gasteiger partial charge is 0.497 e. The molecule has 2 atom stereocenters. The zero-order valence-corrected chi connectivity index (χ0v) is 21.3. The zero-order chi connectivity index (χ0) is 26.0. The maximum Gasteiger partial charge on any atom is 0.416 e. The highest BCUT2D eigenvalue weighted by atomic mass is 19.4. The van der Waals surface area contributed by atoms with Crippen LogP contribution in [0.15, 0.2) is 42.5 Å². The van der Waals surface area contributed by atoms with E-state index < -0.39 is 17.7 Å². The van der Waals surface area contributed by atoms with Gasteiger partial charge in [0.2, 0.25) is 5.91 Å². The van der Waals surface area contributed by atoms with Gasteiger partial charge in [0.25, 0.3) is 0 Å². The number of likely N-dealkylation sites (tertiary alicyclic amines) is 1. The minimum absolute atomic E-state index is 0.0810. The molecule has 37 heavy (non-hydrogen) atoms. The Morgan fingerprint density at radius 1 is 1.05 bits per heavy atom. The Labute approximate surface area is 216 Å². The molecule has 2 saturated heterocycles. The molecule has 2 aromatic rings. The third-order valence-electron chi connectivity index (χ3n) is 7.97. The minimum atomic E-state index is -4.41. The number of nitrogens with zero attached hydrogens (tertiary/aromatic N) is 3. The van der Waals surface area contributed by atoms with E-state index in [1.54, 1.807) is 13.2 Å². The van der Waals surface area contributed by atoms with Crippen LogP contribution in [0, 0.1) is 5.92 Å². The Bertz CT molecular complexity index is 1100. The van der Waals surface area contributed by atoms with Crippen molar-refractivity contribution in [1.82, 2.24) is 10.2 Å². The molecule has 0 spiro atoms. The number of halogens is 3. The van der Waals surface area contributed by atoms with Gasteiger partial charge >= 0.3 is 6.18 Å². The Hall–Kier alpha value is -2.94. The SMILES string of the molecule is COc1cccc(N2CCN3c4ccc(C(F)(F)F)cc4C[C@@H](C(=O)NCCN4CCCCC4)[C@H]3C2)c1. The third-order valence-corrected chi connectivity index (χ3v) is 7.97. The summed E-state index contributed by atoms with van der Waals surface area (Å²) in [5.41, 5.74) is 1.75. The van der Waals surface area contributed by atoms with Crippen molar-refractivity contribution in [2.24, 2.45) is 5.92 Å². The maximum absolute atomic E-state index is 13.5. The number of carbonyl (C=O) groups excluding carboxylic acids is 1. The molecule has 200 valence electrons. The predicted octanol–water partition coefficient (Wildman–Crippen LogP) is 4.18. The van der Waals surface area contributed by atoms with Crippen molar-refractivity contribution in [3.8, 4) is 5.75 Å². The van der Waals surface area contributed by atoms with E-state index in [0.29, 0.717) is 38.2 Å². The Kier molecular flexibility index (Phi) is 7.51. The quantitative estimate of drug-likeness (QED) is 0.624. The van der Waals surface area contributed by atoms with E-state index in [4.69, 9.17) is 4.74 Å². The summed E-state index contributed by atoms with van der Waals surface area (Å²) in [6.07, 6.45) is -0.491. The summed E-state index contributed by atoms with van der Waals surface area (Å²) in [6.45, 7) is 5.40. The summed E-state index contributed by atoms with van der Waals surface area (Å²) in [5, 5.41) is 3.11. The van der Waals surface area contributed by atoms with Gasteiger partial charge in [0, 0.05) is 50.2 Å². The van der Waals surface area contributed by atoms with Crippen molar-refractivity contribution in [2.45, 2.75) is 37.9 Å². The van der Waals surface area contributed by atoms with Crippen LogP contribution in [0.3, 0.4) is 0 Å². The van der Waals surface area contributed by atoms with E-state index in [1.807, 2.05) is 24.3 Å². The average Bonchev–Trinajstić information content (AvgIpc) is 2.92. The molecule has 6 nitrogen and oxygen atoms in total. The number of carbonyl (C=O) groups is 1. The number of amides is 1.